The molecule has 0 aromatic carbocycles. The van der Waals surface area contributed by atoms with Crippen LogP contribution in [0.1, 0.15) is 29.8 Å². The van der Waals surface area contributed by atoms with Crippen molar-refractivity contribution in [3.8, 4) is 0 Å². The number of rotatable bonds is 2. The van der Waals surface area contributed by atoms with Gasteiger partial charge in [0.05, 0.1) is 12.6 Å². The first-order chi connectivity index (χ1) is 7.27. The van der Waals surface area contributed by atoms with E-state index in [-0.39, 0.29) is 30.9 Å². The van der Waals surface area contributed by atoms with Crippen molar-refractivity contribution in [3.63, 3.8) is 0 Å². The van der Waals surface area contributed by atoms with Gasteiger partial charge >= 0.3 is 0 Å². The van der Waals surface area contributed by atoms with Crippen molar-refractivity contribution in [1.82, 2.24) is 4.90 Å². The van der Waals surface area contributed by atoms with Gasteiger partial charge in [-0.1, -0.05) is 6.92 Å². The summed E-state index contributed by atoms with van der Waals surface area (Å²) in [7, 11) is 0. The Morgan fingerprint density at radius 2 is 2.44 bits per heavy atom. The van der Waals surface area contributed by atoms with Crippen LogP contribution < -0.4 is 5.73 Å². The molecule has 0 fully saturated rings. The molecule has 5 heteroatoms. The Hall–Kier alpha value is -0.580. The first-order valence-corrected chi connectivity index (χ1v) is 6.21. The largest absolute Gasteiger partial charge is 0.334 e. The van der Waals surface area contributed by atoms with E-state index in [9.17, 15) is 4.79 Å². The Morgan fingerprint density at radius 1 is 1.69 bits per heavy atom. The maximum atomic E-state index is 11.7. The summed E-state index contributed by atoms with van der Waals surface area (Å²) in [4.78, 5) is 15.0. The maximum absolute atomic E-state index is 11.7. The minimum Gasteiger partial charge on any atom is -0.334 e. The van der Waals surface area contributed by atoms with Crippen molar-refractivity contribution in [2.45, 2.75) is 25.8 Å². The summed E-state index contributed by atoms with van der Waals surface area (Å²) >= 11 is 1.80. The van der Waals surface area contributed by atoms with Crippen LogP contribution in [-0.2, 0) is 11.2 Å². The topological polar surface area (TPSA) is 46.3 Å². The second-order valence-electron chi connectivity index (χ2n) is 3.76. The molecule has 2 N–H and O–H groups in total. The second kappa shape index (κ2) is 5.66. The van der Waals surface area contributed by atoms with Crippen LogP contribution in [0.15, 0.2) is 11.4 Å². The van der Waals surface area contributed by atoms with E-state index in [4.69, 9.17) is 5.73 Å². The van der Waals surface area contributed by atoms with Crippen LogP contribution in [0.5, 0.6) is 0 Å². The monoisotopic (exact) mass is 260 g/mol. The third-order valence-corrected chi connectivity index (χ3v) is 3.97. The first kappa shape index (κ1) is 13.5. The Morgan fingerprint density at radius 3 is 3.06 bits per heavy atom. The Kier molecular flexibility index (Phi) is 4.77. The van der Waals surface area contributed by atoms with Crippen LogP contribution in [0.3, 0.4) is 0 Å². The number of nitrogens with zero attached hydrogens (tertiary/aromatic N) is 1. The lowest BCUT2D eigenvalue weighted by molar-refractivity contribution is -0.132. The van der Waals surface area contributed by atoms with Gasteiger partial charge in [0.2, 0.25) is 5.91 Å². The summed E-state index contributed by atoms with van der Waals surface area (Å²) in [6, 6.07) is 2.39. The summed E-state index contributed by atoms with van der Waals surface area (Å²) < 4.78 is 0. The molecule has 0 bridgehead atoms. The molecular formula is C11H17ClN2OS. The number of amides is 1. The molecule has 90 valence electrons. The zero-order chi connectivity index (χ0) is 10.8. The maximum Gasteiger partial charge on any atom is 0.236 e. The Labute approximate surface area is 106 Å². The van der Waals surface area contributed by atoms with Gasteiger partial charge in [0, 0.05) is 11.4 Å². The van der Waals surface area contributed by atoms with Gasteiger partial charge in [-0.2, -0.15) is 0 Å². The van der Waals surface area contributed by atoms with E-state index < -0.39 is 0 Å². The van der Waals surface area contributed by atoms with Crippen LogP contribution in [-0.4, -0.2) is 23.9 Å². The average molecular weight is 261 g/mol. The molecule has 2 heterocycles. The first-order valence-electron chi connectivity index (χ1n) is 5.33. The molecule has 0 aliphatic carbocycles. The molecule has 0 spiro atoms. The number of hydrogen-bond donors (Lipinski definition) is 1. The number of halogens is 1. The van der Waals surface area contributed by atoms with Gasteiger partial charge < -0.3 is 10.6 Å². The zero-order valence-electron chi connectivity index (χ0n) is 9.31. The third kappa shape index (κ3) is 2.24. The number of carbonyl (C=O) groups is 1. The lowest BCUT2D eigenvalue weighted by Crippen LogP contribution is -2.42. The molecule has 1 aliphatic rings. The van der Waals surface area contributed by atoms with Gasteiger partial charge in [-0.15, -0.1) is 23.7 Å². The molecule has 1 amide bonds. The van der Waals surface area contributed by atoms with Crippen LogP contribution >= 0.6 is 23.7 Å². The van der Waals surface area contributed by atoms with Gasteiger partial charge in [0.1, 0.15) is 0 Å². The van der Waals surface area contributed by atoms with Crippen molar-refractivity contribution >= 4 is 29.7 Å². The van der Waals surface area contributed by atoms with Gasteiger partial charge in [0.25, 0.3) is 0 Å². The quantitative estimate of drug-likeness (QED) is 0.884. The van der Waals surface area contributed by atoms with Crippen molar-refractivity contribution in [2.24, 2.45) is 5.73 Å². The minimum atomic E-state index is 0. The lowest BCUT2D eigenvalue weighted by atomic mass is 9.98. The van der Waals surface area contributed by atoms with E-state index in [2.05, 4.69) is 18.4 Å². The second-order valence-corrected chi connectivity index (χ2v) is 4.77. The van der Waals surface area contributed by atoms with E-state index in [0.29, 0.717) is 0 Å². The van der Waals surface area contributed by atoms with Gasteiger partial charge in [-0.25, -0.2) is 0 Å². The number of thiophene rings is 1. The molecule has 0 radical (unpaired) electrons. The summed E-state index contributed by atoms with van der Waals surface area (Å²) in [5, 5.41) is 2.11. The zero-order valence-corrected chi connectivity index (χ0v) is 10.9. The third-order valence-electron chi connectivity index (χ3n) is 2.98. The molecular weight excluding hydrogens is 244 g/mol. The predicted octanol–water partition coefficient (Wildman–Crippen LogP) is 1.96. The van der Waals surface area contributed by atoms with E-state index in [1.54, 1.807) is 11.3 Å². The summed E-state index contributed by atoms with van der Waals surface area (Å²) in [6.45, 7) is 3.06. The fourth-order valence-corrected chi connectivity index (χ4v) is 3.18. The van der Waals surface area contributed by atoms with Gasteiger partial charge in [-0.05, 0) is 29.9 Å². The molecule has 0 saturated carbocycles. The highest BCUT2D eigenvalue weighted by atomic mass is 35.5. The molecule has 1 atom stereocenters. The predicted molar refractivity (Wildman–Crippen MR) is 69.1 cm³/mol. The van der Waals surface area contributed by atoms with Crippen molar-refractivity contribution in [2.75, 3.05) is 13.1 Å². The van der Waals surface area contributed by atoms with Crippen LogP contribution in [0.4, 0.5) is 0 Å². The van der Waals surface area contributed by atoms with E-state index >= 15 is 0 Å². The number of carbonyl (C=O) groups excluding carboxylic acids is 1. The smallest absolute Gasteiger partial charge is 0.236 e. The highest BCUT2D eigenvalue weighted by Crippen LogP contribution is 2.34. The molecule has 1 aromatic heterocycles. The van der Waals surface area contributed by atoms with Crippen LogP contribution in [0, 0.1) is 0 Å². The van der Waals surface area contributed by atoms with Crippen molar-refractivity contribution in [1.29, 1.82) is 0 Å². The Balaban J connectivity index is 0.00000128. The summed E-state index contributed by atoms with van der Waals surface area (Å²) in [5.41, 5.74) is 6.76. The standard InChI is InChI=1S/C11H16N2OS.ClH/c1-2-9-8-4-6-15-10(8)3-5-13(9)11(14)7-12;/h4,6,9H,2-3,5,7,12H2,1H3;1H. The SMILES string of the molecule is CCC1c2ccsc2CCN1C(=O)CN.Cl. The Bertz CT molecular complexity index is 367. The highest BCUT2D eigenvalue weighted by molar-refractivity contribution is 7.10. The van der Waals surface area contributed by atoms with E-state index in [0.717, 1.165) is 19.4 Å². The van der Waals surface area contributed by atoms with E-state index in [1.165, 1.54) is 10.4 Å². The number of fused-ring (bicyclic) bond motifs is 1. The molecule has 2 rings (SSSR count). The number of hydrogen-bond acceptors (Lipinski definition) is 3. The van der Waals surface area contributed by atoms with Crippen molar-refractivity contribution < 1.29 is 4.79 Å². The summed E-state index contributed by atoms with van der Waals surface area (Å²) in [6.07, 6.45) is 1.95. The average Bonchev–Trinajstić information content (AvgIpc) is 2.74. The van der Waals surface area contributed by atoms with Gasteiger partial charge in [0.15, 0.2) is 0 Å². The highest BCUT2D eigenvalue weighted by Gasteiger charge is 2.29. The lowest BCUT2D eigenvalue weighted by Gasteiger charge is -2.35. The van der Waals surface area contributed by atoms with E-state index in [1.807, 2.05) is 4.90 Å². The molecule has 16 heavy (non-hydrogen) atoms. The minimum absolute atomic E-state index is 0. The van der Waals surface area contributed by atoms with Crippen LogP contribution in [0.2, 0.25) is 0 Å². The summed E-state index contributed by atoms with van der Waals surface area (Å²) in [5.74, 6) is 0.0682. The van der Waals surface area contributed by atoms with Gasteiger partial charge in [-0.3, -0.25) is 4.79 Å². The van der Waals surface area contributed by atoms with Crippen LogP contribution in [0.25, 0.3) is 0 Å². The molecule has 1 unspecified atom stereocenters. The van der Waals surface area contributed by atoms with Crippen molar-refractivity contribution in [3.05, 3.63) is 21.9 Å². The fourth-order valence-electron chi connectivity index (χ4n) is 2.25. The number of nitrogens with two attached hydrogens (primary N) is 1. The molecule has 0 saturated heterocycles. The molecule has 1 aliphatic heterocycles. The molecule has 3 nitrogen and oxygen atoms in total. The normalized spacial score (nSPS) is 18.9. The fraction of sp³-hybridized carbons (Fsp3) is 0.545. The molecule has 1 aromatic rings.